The number of esters is 1. The maximum atomic E-state index is 11.8. The first kappa shape index (κ1) is 101. The highest BCUT2D eigenvalue weighted by Gasteiger charge is 2.55. The molecule has 0 unspecified atom stereocenters. The molecule has 0 spiro atoms. The van der Waals surface area contributed by atoms with E-state index in [0.29, 0.717) is 11.8 Å². The fourth-order valence-corrected chi connectivity index (χ4v) is 124. The molecular weight excluding hydrogens is 1670 g/mol. The van der Waals surface area contributed by atoms with Gasteiger partial charge in [-0.3, -0.25) is 4.79 Å². The number of methoxy groups -OCH3 is 1. The molecule has 0 atom stereocenters. The smallest absolute Gasteiger partial charge is 0.314 e. The maximum Gasteiger partial charge on any atom is 0.314 e. The van der Waals surface area contributed by atoms with Crippen molar-refractivity contribution >= 4 is 185 Å². The Kier molecular flexibility index (Phi) is 34.8. The summed E-state index contributed by atoms with van der Waals surface area (Å²) in [4.78, 5) is 11.8. The topological polar surface area (TPSA) is 220 Å². The highest BCUT2D eigenvalue weighted by atomic mass is 28.6. The first-order valence-corrected chi connectivity index (χ1v) is 95.7. The monoisotopic (exact) mass is 1810 g/mol. The third-order valence-electron chi connectivity index (χ3n) is 13.5. The third kappa shape index (κ3) is 41.9. The summed E-state index contributed by atoms with van der Waals surface area (Å²) in [5.74, 6) is 1.08. The number of rotatable bonds is 46. The van der Waals surface area contributed by atoms with E-state index in [1.54, 1.807) is 7.11 Å². The molecule has 2 aromatic carbocycles. The Bertz CT molecular complexity index is 3070. The van der Waals surface area contributed by atoms with Crippen molar-refractivity contribution in [1.29, 1.82) is 0 Å². The van der Waals surface area contributed by atoms with Crippen LogP contribution in [-0.4, -0.2) is 192 Å². The summed E-state index contributed by atoms with van der Waals surface area (Å²) >= 11 is 0. The summed E-state index contributed by atoms with van der Waals surface area (Å²) in [6, 6.07) is 17.2. The molecular formula is C59H144O23Si21. The molecule has 23 nitrogen and oxygen atoms in total. The molecule has 0 aromatic heterocycles. The Hall–Kier alpha value is 1.46. The van der Waals surface area contributed by atoms with Gasteiger partial charge in [-0.2, -0.15) is 0 Å². The zero-order valence-corrected chi connectivity index (χ0v) is 93.4. The molecule has 602 valence electrons. The van der Waals surface area contributed by atoms with E-state index >= 15 is 0 Å². The normalized spacial score (nSPS) is 15.3. The minimum absolute atomic E-state index is 0.354. The lowest BCUT2D eigenvalue weighted by atomic mass is 10.2. The predicted octanol–water partition coefficient (Wildman–Crippen LogP) is 18.6. The van der Waals surface area contributed by atoms with Crippen molar-refractivity contribution in [2.45, 2.75) is 294 Å². The zero-order valence-electron chi connectivity index (χ0n) is 72.4. The second-order valence-electron chi connectivity index (χ2n) is 36.5. The van der Waals surface area contributed by atoms with Gasteiger partial charge in [0.25, 0.3) is 0 Å². The van der Waals surface area contributed by atoms with E-state index < -0.39 is 179 Å². The van der Waals surface area contributed by atoms with E-state index in [2.05, 4.69) is 202 Å². The Morgan fingerprint density at radius 1 is 0.223 bits per heavy atom. The van der Waals surface area contributed by atoms with Crippen molar-refractivity contribution in [2.24, 2.45) is 0 Å². The van der Waals surface area contributed by atoms with Crippen molar-refractivity contribution in [3.63, 3.8) is 0 Å². The predicted molar refractivity (Wildman–Crippen MR) is 467 cm³/mol. The number of para-hydroxylation sites is 2. The summed E-state index contributed by atoms with van der Waals surface area (Å²) in [7, 11) is -57.1. The van der Waals surface area contributed by atoms with Gasteiger partial charge in [0, 0.05) is 6.92 Å². The molecule has 0 aliphatic carbocycles. The lowest BCUT2D eigenvalue weighted by Crippen LogP contribution is -2.63. The highest BCUT2D eigenvalue weighted by molar-refractivity contribution is 6.96. The standard InChI is InChI=1S/C59H144O23Si21/c1-55(60)62-59-52-48-46-50-57(59)54-84(5,6)64-86(9,10)66-88(13,14)68-90(17,18)70-92(21,22)72-94(25,26)74-96(29,30)76-98(33,34)78-100(37,38)80-102(41,42)82-103(43,44)81-101(39,40)79-99(35,36)77-97(31,32)75-95(27,28)73-93(23,24)71-91(19,20)69-89(15,16)67-87(11,12)65-85(7,8)63-83(3,4)53-56-49-45-47-51-58(56)61-2/h45-52H,53-54H2,1-44H3. The second-order valence-corrected chi connectivity index (χ2v) is 114. The van der Waals surface area contributed by atoms with Crippen LogP contribution in [0.15, 0.2) is 48.5 Å². The van der Waals surface area contributed by atoms with Crippen molar-refractivity contribution < 1.29 is 96.6 Å². The van der Waals surface area contributed by atoms with Crippen molar-refractivity contribution in [3.8, 4) is 11.5 Å². The summed E-state index contributed by atoms with van der Waals surface area (Å²) in [6.45, 7) is 88.5. The van der Waals surface area contributed by atoms with Crippen LogP contribution in [0.25, 0.3) is 0 Å². The van der Waals surface area contributed by atoms with E-state index in [4.69, 9.17) is 91.8 Å². The van der Waals surface area contributed by atoms with Crippen LogP contribution in [0, 0.1) is 0 Å². The van der Waals surface area contributed by atoms with Crippen LogP contribution < -0.4 is 9.47 Å². The zero-order chi connectivity index (χ0) is 81.0. The van der Waals surface area contributed by atoms with Gasteiger partial charge < -0.3 is 91.8 Å². The molecule has 0 aliphatic heterocycles. The molecule has 0 N–H and O–H groups in total. The number of hydrogen-bond acceptors (Lipinski definition) is 23. The van der Waals surface area contributed by atoms with Gasteiger partial charge >= 0.3 is 169 Å². The molecule has 2 rings (SSSR count). The molecule has 44 heteroatoms. The van der Waals surface area contributed by atoms with Crippen molar-refractivity contribution in [1.82, 2.24) is 0 Å². The van der Waals surface area contributed by atoms with Gasteiger partial charge in [-0.25, -0.2) is 0 Å². The summed E-state index contributed by atoms with van der Waals surface area (Å²) in [5.41, 5.74) is 2.08. The molecule has 0 fully saturated rings. The molecule has 103 heavy (non-hydrogen) atoms. The highest BCUT2D eigenvalue weighted by Crippen LogP contribution is 2.37. The molecule has 0 amide bonds. The van der Waals surface area contributed by atoms with E-state index in [0.717, 1.165) is 22.9 Å². The Morgan fingerprint density at radius 3 is 0.515 bits per heavy atom. The van der Waals surface area contributed by atoms with Crippen LogP contribution in [0.4, 0.5) is 0 Å². The second kappa shape index (κ2) is 35.7. The first-order valence-electron chi connectivity index (χ1n) is 36.0. The van der Waals surface area contributed by atoms with Gasteiger partial charge in [-0.1, -0.05) is 36.4 Å². The number of ether oxygens (including phenoxy) is 2. The van der Waals surface area contributed by atoms with Crippen LogP contribution >= 0.6 is 0 Å². The maximum absolute atomic E-state index is 11.8. The van der Waals surface area contributed by atoms with Gasteiger partial charge in [-0.15, -0.1) is 0 Å². The average molecular weight is 1810 g/mol. The molecule has 0 saturated carbocycles. The first-order chi connectivity index (χ1) is 45.1. The van der Waals surface area contributed by atoms with Crippen LogP contribution in [0.3, 0.4) is 0 Å². The Morgan fingerprint density at radius 2 is 0.359 bits per heavy atom. The molecule has 0 heterocycles. The summed E-state index contributed by atoms with van der Waals surface area (Å²) in [5, 5.41) is 0. The molecule has 2 aromatic rings. The quantitative estimate of drug-likeness (QED) is 0.0342. The number of carbonyl (C=O) groups is 1. The van der Waals surface area contributed by atoms with Crippen molar-refractivity contribution in [3.05, 3.63) is 59.7 Å². The van der Waals surface area contributed by atoms with Gasteiger partial charge in [0.15, 0.2) is 16.6 Å². The minimum atomic E-state index is -2.91. The van der Waals surface area contributed by atoms with Crippen LogP contribution in [-0.2, 0) is 99.2 Å². The van der Waals surface area contributed by atoms with E-state index in [1.165, 1.54) is 6.92 Å². The lowest BCUT2D eigenvalue weighted by Gasteiger charge is -2.45. The number of carbonyl (C=O) groups excluding carboxylic acids is 1. The van der Waals surface area contributed by atoms with Gasteiger partial charge in [0.2, 0.25) is 0 Å². The van der Waals surface area contributed by atoms with Crippen LogP contribution in [0.5, 0.6) is 11.5 Å². The molecule has 0 aliphatic rings. The van der Waals surface area contributed by atoms with Crippen LogP contribution in [0.2, 0.25) is 275 Å². The van der Waals surface area contributed by atoms with E-state index in [1.807, 2.05) is 121 Å². The van der Waals surface area contributed by atoms with Gasteiger partial charge in [0.05, 0.1) is 7.11 Å². The van der Waals surface area contributed by atoms with Gasteiger partial charge in [-0.05, 0) is 310 Å². The fraction of sp³-hybridized carbons (Fsp3) is 0.780. The summed E-state index contributed by atoms with van der Waals surface area (Å²) < 4.78 is 150. The van der Waals surface area contributed by atoms with E-state index in [9.17, 15) is 4.79 Å². The molecule has 0 saturated heterocycles. The third-order valence-corrected chi connectivity index (χ3v) is 95.1. The number of benzene rings is 2. The average Bonchev–Trinajstić information content (AvgIpc) is 0.807. The lowest BCUT2D eigenvalue weighted by molar-refractivity contribution is -0.131. The Balaban J connectivity index is 2.05. The molecule has 0 bridgehead atoms. The number of hydrogen-bond donors (Lipinski definition) is 0. The fourth-order valence-electron chi connectivity index (χ4n) is 15.1. The Labute approximate surface area is 648 Å². The van der Waals surface area contributed by atoms with Gasteiger partial charge in [0.1, 0.15) is 11.5 Å². The SMILES string of the molecule is COc1ccccc1C[Si](C)(C)O[Si](C)(C)O[Si](C)(C)O[Si](C)(C)O[Si](C)(C)O[Si](C)(C)O[Si](C)(C)O[Si](C)(C)O[Si](C)(C)O[Si](C)(C)O[Si](C)(C)O[Si](C)(C)O[Si](C)(C)O[Si](C)(C)O[Si](C)(C)O[Si](C)(C)O[Si](C)(C)O[Si](C)(C)O[Si](C)(C)O[Si](C)(C)O[Si](C)(C)Cc1ccccc1OC(C)=O. The summed E-state index contributed by atoms with van der Waals surface area (Å²) in [6.07, 6.45) is 0. The van der Waals surface area contributed by atoms with Crippen molar-refractivity contribution in [2.75, 3.05) is 7.11 Å². The van der Waals surface area contributed by atoms with E-state index in [-0.39, 0.29) is 5.97 Å². The minimum Gasteiger partial charge on any atom is -0.496 e. The van der Waals surface area contributed by atoms with Crippen LogP contribution in [0.1, 0.15) is 18.1 Å². The largest absolute Gasteiger partial charge is 0.496 e. The molecule has 0 radical (unpaired) electrons.